The van der Waals surface area contributed by atoms with Gasteiger partial charge < -0.3 is 25.0 Å². The number of methoxy groups -OCH3 is 1. The number of ether oxygens (including phenoxy) is 2. The van der Waals surface area contributed by atoms with E-state index in [9.17, 15) is 4.79 Å². The van der Waals surface area contributed by atoms with Gasteiger partial charge in [0.05, 0.1) is 12.8 Å². The number of rotatable bonds is 3. The van der Waals surface area contributed by atoms with Crippen molar-refractivity contribution in [2.75, 3.05) is 43.9 Å². The lowest BCUT2D eigenvalue weighted by molar-refractivity contribution is 0.00665. The number of carbonyl (C=O) groups is 1. The summed E-state index contributed by atoms with van der Waals surface area (Å²) in [6.07, 6.45) is 5.22. The van der Waals surface area contributed by atoms with E-state index >= 15 is 0 Å². The monoisotopic (exact) mass is 403 g/mol. The van der Waals surface area contributed by atoms with Crippen molar-refractivity contribution in [3.63, 3.8) is 0 Å². The minimum atomic E-state index is -0.436. The van der Waals surface area contributed by atoms with E-state index in [1.807, 2.05) is 25.7 Å². The lowest BCUT2D eigenvalue weighted by Gasteiger charge is -2.47. The van der Waals surface area contributed by atoms with Crippen LogP contribution in [0.2, 0.25) is 0 Å². The van der Waals surface area contributed by atoms with Crippen molar-refractivity contribution in [3.05, 3.63) is 17.7 Å². The Bertz CT molecular complexity index is 724. The van der Waals surface area contributed by atoms with Crippen LogP contribution in [0.25, 0.3) is 0 Å². The first-order valence-electron chi connectivity index (χ1n) is 10.9. The number of carbonyl (C=O) groups excluding carboxylic acids is 1. The van der Waals surface area contributed by atoms with Gasteiger partial charge in [-0.1, -0.05) is 6.92 Å². The molecule has 162 valence electrons. The van der Waals surface area contributed by atoms with Crippen molar-refractivity contribution in [1.29, 1.82) is 0 Å². The SMILES string of the molecule is CCc1cc(N)c(OC)cc1N1CCC2(CCN(C(=O)OC(C)(C)C)CC2)CC1. The minimum Gasteiger partial charge on any atom is -0.495 e. The molecule has 2 fully saturated rings. The fourth-order valence-corrected chi connectivity index (χ4v) is 4.60. The van der Waals surface area contributed by atoms with Crippen LogP contribution >= 0.6 is 0 Å². The summed E-state index contributed by atoms with van der Waals surface area (Å²) < 4.78 is 11.0. The van der Waals surface area contributed by atoms with Gasteiger partial charge in [0, 0.05) is 37.9 Å². The number of hydrogen-bond donors (Lipinski definition) is 1. The molecule has 0 aliphatic carbocycles. The summed E-state index contributed by atoms with van der Waals surface area (Å²) in [6.45, 7) is 11.6. The van der Waals surface area contributed by atoms with Crippen LogP contribution in [0.5, 0.6) is 5.75 Å². The molecular formula is C23H37N3O3. The van der Waals surface area contributed by atoms with E-state index in [4.69, 9.17) is 15.2 Å². The van der Waals surface area contributed by atoms with Crippen LogP contribution in [-0.4, -0.2) is 49.9 Å². The van der Waals surface area contributed by atoms with E-state index in [1.54, 1.807) is 7.11 Å². The third kappa shape index (κ3) is 4.90. The van der Waals surface area contributed by atoms with Crippen molar-refractivity contribution < 1.29 is 14.3 Å². The predicted octanol–water partition coefficient (Wildman–Crippen LogP) is 4.46. The second-order valence-electron chi connectivity index (χ2n) is 9.53. The highest BCUT2D eigenvalue weighted by atomic mass is 16.6. The van der Waals surface area contributed by atoms with E-state index < -0.39 is 5.60 Å². The quantitative estimate of drug-likeness (QED) is 0.755. The van der Waals surface area contributed by atoms with Crippen LogP contribution in [0.1, 0.15) is 58.9 Å². The van der Waals surface area contributed by atoms with Gasteiger partial charge in [-0.05, 0) is 69.9 Å². The molecule has 0 radical (unpaired) electrons. The summed E-state index contributed by atoms with van der Waals surface area (Å²) in [7, 11) is 1.67. The number of benzene rings is 1. The molecule has 0 saturated carbocycles. The lowest BCUT2D eigenvalue weighted by atomic mass is 9.71. The Balaban J connectivity index is 1.61. The van der Waals surface area contributed by atoms with E-state index in [1.165, 1.54) is 11.3 Å². The molecule has 2 aliphatic heterocycles. The largest absolute Gasteiger partial charge is 0.495 e. The van der Waals surface area contributed by atoms with Crippen LogP contribution in [0, 0.1) is 5.41 Å². The number of nitrogens with zero attached hydrogens (tertiary/aromatic N) is 2. The summed E-state index contributed by atoms with van der Waals surface area (Å²) in [6, 6.07) is 4.15. The van der Waals surface area contributed by atoms with Gasteiger partial charge in [-0.3, -0.25) is 0 Å². The van der Waals surface area contributed by atoms with Crippen molar-refractivity contribution in [3.8, 4) is 5.75 Å². The van der Waals surface area contributed by atoms with Gasteiger partial charge in [0.1, 0.15) is 11.4 Å². The Morgan fingerprint density at radius 1 is 1.10 bits per heavy atom. The highest BCUT2D eigenvalue weighted by Crippen LogP contribution is 2.43. The van der Waals surface area contributed by atoms with Gasteiger partial charge in [0.25, 0.3) is 0 Å². The van der Waals surface area contributed by atoms with Gasteiger partial charge >= 0.3 is 6.09 Å². The first-order chi connectivity index (χ1) is 13.7. The summed E-state index contributed by atoms with van der Waals surface area (Å²) in [5, 5.41) is 0. The molecule has 2 heterocycles. The number of amides is 1. The Hall–Kier alpha value is -2.11. The summed E-state index contributed by atoms with van der Waals surface area (Å²) in [5.74, 6) is 0.753. The average Bonchev–Trinajstić information content (AvgIpc) is 2.67. The van der Waals surface area contributed by atoms with E-state index in [2.05, 4.69) is 24.0 Å². The molecule has 0 atom stereocenters. The Morgan fingerprint density at radius 3 is 2.21 bits per heavy atom. The molecule has 2 saturated heterocycles. The zero-order valence-corrected chi connectivity index (χ0v) is 18.7. The van der Waals surface area contributed by atoms with Crippen LogP contribution in [0.15, 0.2) is 12.1 Å². The molecule has 2 aliphatic rings. The van der Waals surface area contributed by atoms with Crippen LogP contribution in [-0.2, 0) is 11.2 Å². The van der Waals surface area contributed by atoms with Crippen molar-refractivity contribution in [2.24, 2.45) is 5.41 Å². The summed E-state index contributed by atoms with van der Waals surface area (Å²) in [5.41, 5.74) is 9.25. The Labute approximate surface area is 175 Å². The van der Waals surface area contributed by atoms with E-state index in [0.29, 0.717) is 11.1 Å². The number of aryl methyl sites for hydroxylation is 1. The van der Waals surface area contributed by atoms with Crippen molar-refractivity contribution in [1.82, 2.24) is 4.90 Å². The van der Waals surface area contributed by atoms with Gasteiger partial charge in [0.15, 0.2) is 0 Å². The summed E-state index contributed by atoms with van der Waals surface area (Å²) >= 11 is 0. The second kappa shape index (κ2) is 8.33. The van der Waals surface area contributed by atoms with Gasteiger partial charge in [-0.2, -0.15) is 0 Å². The van der Waals surface area contributed by atoms with Gasteiger partial charge in [0.2, 0.25) is 0 Å². The molecule has 1 amide bonds. The van der Waals surface area contributed by atoms with E-state index in [-0.39, 0.29) is 6.09 Å². The zero-order chi connectivity index (χ0) is 21.2. The number of piperidine rings is 2. The maximum atomic E-state index is 12.4. The standard InChI is InChI=1S/C23H37N3O3/c1-6-17-15-18(24)20(28-5)16-19(17)25-11-7-23(8-12-25)9-13-26(14-10-23)21(27)29-22(2,3)4/h15-16H,6-14,24H2,1-5H3. The minimum absolute atomic E-state index is 0.175. The molecule has 1 aromatic carbocycles. The number of likely N-dealkylation sites (tertiary alicyclic amines) is 1. The topological polar surface area (TPSA) is 68.0 Å². The third-order valence-electron chi connectivity index (χ3n) is 6.45. The molecule has 29 heavy (non-hydrogen) atoms. The summed E-state index contributed by atoms with van der Waals surface area (Å²) in [4.78, 5) is 16.7. The molecule has 2 N–H and O–H groups in total. The lowest BCUT2D eigenvalue weighted by Crippen LogP contribution is -2.49. The fourth-order valence-electron chi connectivity index (χ4n) is 4.60. The maximum Gasteiger partial charge on any atom is 0.410 e. The van der Waals surface area contributed by atoms with Crippen LogP contribution in [0.4, 0.5) is 16.2 Å². The second-order valence-corrected chi connectivity index (χ2v) is 9.53. The number of anilines is 2. The highest BCUT2D eigenvalue weighted by Gasteiger charge is 2.39. The van der Waals surface area contributed by atoms with Gasteiger partial charge in [-0.25, -0.2) is 4.79 Å². The Kier molecular flexibility index (Phi) is 6.20. The molecule has 0 bridgehead atoms. The molecule has 1 spiro atoms. The normalized spacial score (nSPS) is 19.3. The molecule has 0 aromatic heterocycles. The van der Waals surface area contributed by atoms with Crippen LogP contribution < -0.4 is 15.4 Å². The zero-order valence-electron chi connectivity index (χ0n) is 18.7. The molecule has 6 nitrogen and oxygen atoms in total. The molecule has 0 unspecified atom stereocenters. The molecular weight excluding hydrogens is 366 g/mol. The van der Waals surface area contributed by atoms with Gasteiger partial charge in [-0.15, -0.1) is 0 Å². The first-order valence-corrected chi connectivity index (χ1v) is 10.9. The molecule has 3 rings (SSSR count). The highest BCUT2D eigenvalue weighted by molar-refractivity contribution is 5.68. The van der Waals surface area contributed by atoms with Crippen molar-refractivity contribution >= 4 is 17.5 Å². The first kappa shape index (κ1) is 21.6. The number of nitrogens with two attached hydrogens (primary N) is 1. The molecule has 1 aromatic rings. The molecule has 6 heteroatoms. The predicted molar refractivity (Wildman–Crippen MR) is 118 cm³/mol. The Morgan fingerprint density at radius 2 is 1.69 bits per heavy atom. The van der Waals surface area contributed by atoms with Crippen molar-refractivity contribution in [2.45, 2.75) is 65.4 Å². The maximum absolute atomic E-state index is 12.4. The smallest absolute Gasteiger partial charge is 0.410 e. The number of hydrogen-bond acceptors (Lipinski definition) is 5. The average molecular weight is 404 g/mol. The van der Waals surface area contributed by atoms with E-state index in [0.717, 1.165) is 64.0 Å². The third-order valence-corrected chi connectivity index (χ3v) is 6.45. The fraction of sp³-hybridized carbons (Fsp3) is 0.696. The van der Waals surface area contributed by atoms with Crippen LogP contribution in [0.3, 0.4) is 0 Å². The number of nitrogen functional groups attached to an aromatic ring is 1.